The Hall–Kier alpha value is -0.356. The molecule has 0 aliphatic rings. The highest BCUT2D eigenvalue weighted by Crippen LogP contribution is 1.59. The molecule has 0 spiro atoms. The highest BCUT2D eigenvalue weighted by molar-refractivity contribution is 6.28. The number of H-pyrrole nitrogens is 1. The van der Waals surface area contributed by atoms with E-state index in [-0.39, 0.29) is 11.0 Å². The smallest absolute Gasteiger partial charge is 0.0838 e. The lowest BCUT2D eigenvalue weighted by atomic mass is 11.0. The second-order valence-electron chi connectivity index (χ2n) is 1.17. The molecule has 0 radical (unpaired) electrons. The Morgan fingerprint density at radius 2 is 2.43 bits per heavy atom. The van der Waals surface area contributed by atoms with Crippen LogP contribution in [0.4, 0.5) is 0 Å². The molecule has 0 bridgehead atoms. The van der Waals surface area contributed by atoms with Gasteiger partial charge in [-0.05, 0) is 11.0 Å². The third-order valence-electron chi connectivity index (χ3n) is 0.635. The van der Waals surface area contributed by atoms with Gasteiger partial charge in [-0.2, -0.15) is 0 Å². The molecule has 1 heterocycles. The van der Waals surface area contributed by atoms with Crippen LogP contribution in [0.5, 0.6) is 0 Å². The third kappa shape index (κ3) is 1.70. The zero-order chi connectivity index (χ0) is 4.41. The quantitative estimate of drug-likeness (QED) is 0.371. The van der Waals surface area contributed by atoms with Gasteiger partial charge < -0.3 is 4.98 Å². The fourth-order valence-corrected chi connectivity index (χ4v) is 0.660. The summed E-state index contributed by atoms with van der Waals surface area (Å²) in [4.78, 5) is 6.87. The summed E-state index contributed by atoms with van der Waals surface area (Å²) in [5.74, 6) is 0. The van der Waals surface area contributed by atoms with Gasteiger partial charge in [0.2, 0.25) is 0 Å². The number of rotatable bonds is 0. The van der Waals surface area contributed by atoms with E-state index in [2.05, 4.69) is 9.97 Å². The van der Waals surface area contributed by atoms with Crippen LogP contribution in [0.1, 0.15) is 0 Å². The zero-order valence-electron chi connectivity index (χ0n) is 3.60. The molecule has 1 aromatic heterocycles. The highest BCUT2D eigenvalue weighted by Gasteiger charge is 1.73. The maximum atomic E-state index is 3.92. The summed E-state index contributed by atoms with van der Waals surface area (Å²) in [5, 5.41) is 0. The first-order valence-corrected chi connectivity index (χ1v) is 2.85. The lowest BCUT2D eigenvalue weighted by Crippen LogP contribution is -2.04. The normalized spacial score (nSPS) is 8.00. The summed E-state index contributed by atoms with van der Waals surface area (Å²) in [5.41, 5.74) is 1.11. The minimum atomic E-state index is 0. The maximum absolute atomic E-state index is 3.92. The van der Waals surface area contributed by atoms with E-state index in [1.165, 1.54) is 0 Å². The van der Waals surface area contributed by atoms with Crippen LogP contribution in [-0.2, 0) is 0 Å². The summed E-state index contributed by atoms with van der Waals surface area (Å²) < 4.78 is 0. The maximum Gasteiger partial charge on any atom is 0.0838 e. The van der Waals surface area contributed by atoms with E-state index in [0.29, 0.717) is 0 Å². The number of hydrogen-bond acceptors (Lipinski definition) is 1. The van der Waals surface area contributed by atoms with Crippen molar-refractivity contribution in [2.75, 3.05) is 0 Å². The van der Waals surface area contributed by atoms with Crippen molar-refractivity contribution in [3.63, 3.8) is 0 Å². The van der Waals surface area contributed by atoms with Crippen molar-refractivity contribution >= 4 is 26.7 Å². The van der Waals surface area contributed by atoms with Crippen molar-refractivity contribution in [1.82, 2.24) is 9.97 Å². The molecule has 0 fully saturated rings. The fraction of sp³-hybridized carbons (Fsp3) is 0. The molecule has 1 rings (SSSR count). The monoisotopic (exact) mass is 130 g/mol. The molecule has 0 aromatic carbocycles. The average Bonchev–Trinajstić information content (AvgIpc) is 1.86. The molecule has 1 aromatic rings. The summed E-state index contributed by atoms with van der Waals surface area (Å²) in [6, 6.07) is 0. The number of hydrogen-bond donors (Lipinski definition) is 1. The zero-order valence-corrected chi connectivity index (χ0v) is 5.60. The van der Waals surface area contributed by atoms with Gasteiger partial charge in [0.25, 0.3) is 0 Å². The number of imidazole rings is 1. The van der Waals surface area contributed by atoms with Gasteiger partial charge in [-0.3, -0.25) is 0 Å². The van der Waals surface area contributed by atoms with Gasteiger partial charge in [0.05, 0.1) is 15.7 Å². The first-order valence-electron chi connectivity index (χ1n) is 1.85. The topological polar surface area (TPSA) is 28.7 Å². The van der Waals surface area contributed by atoms with Crippen molar-refractivity contribution in [2.45, 2.75) is 0 Å². The SMILES string of the molecule is [SiH3]c1ncc[nH]1.[SiH4]. The van der Waals surface area contributed by atoms with Gasteiger partial charge >= 0.3 is 0 Å². The van der Waals surface area contributed by atoms with E-state index >= 15 is 0 Å². The highest BCUT2D eigenvalue weighted by atomic mass is 28.1. The van der Waals surface area contributed by atoms with E-state index in [1.54, 1.807) is 6.20 Å². The van der Waals surface area contributed by atoms with Crippen molar-refractivity contribution in [3.8, 4) is 0 Å². The molecular formula is C3H10N2Si2. The largest absolute Gasteiger partial charge is 0.354 e. The van der Waals surface area contributed by atoms with Crippen LogP contribution in [-0.4, -0.2) is 31.2 Å². The molecule has 0 unspecified atom stereocenters. The Morgan fingerprint density at radius 1 is 1.71 bits per heavy atom. The molecule has 2 nitrogen and oxygen atoms in total. The Balaban J connectivity index is 0.000000360. The Labute approximate surface area is 49.8 Å². The molecule has 0 saturated carbocycles. The van der Waals surface area contributed by atoms with Gasteiger partial charge in [0.15, 0.2) is 0 Å². The van der Waals surface area contributed by atoms with Gasteiger partial charge in [-0.25, -0.2) is 4.98 Å². The minimum absolute atomic E-state index is 0. The van der Waals surface area contributed by atoms with Crippen molar-refractivity contribution < 1.29 is 0 Å². The number of nitrogens with one attached hydrogen (secondary N) is 1. The molecule has 0 aliphatic carbocycles. The second kappa shape index (κ2) is 2.76. The van der Waals surface area contributed by atoms with Crippen molar-refractivity contribution in [3.05, 3.63) is 12.4 Å². The first-order chi connectivity index (χ1) is 2.89. The molecular weight excluding hydrogens is 120 g/mol. The van der Waals surface area contributed by atoms with Crippen LogP contribution in [0.2, 0.25) is 0 Å². The molecule has 0 atom stereocenters. The van der Waals surface area contributed by atoms with Gasteiger partial charge in [0, 0.05) is 12.4 Å². The molecule has 1 N–H and O–H groups in total. The van der Waals surface area contributed by atoms with E-state index in [1.807, 2.05) is 6.20 Å². The molecule has 0 saturated heterocycles. The van der Waals surface area contributed by atoms with Crippen molar-refractivity contribution in [1.29, 1.82) is 0 Å². The molecule has 0 amide bonds. The number of aromatic amines is 1. The Kier molecular flexibility index (Phi) is 2.62. The third-order valence-corrected chi connectivity index (χ3v) is 1.18. The predicted octanol–water partition coefficient (Wildman–Crippen LogP) is -3.05. The van der Waals surface area contributed by atoms with E-state index < -0.39 is 0 Å². The predicted molar refractivity (Wildman–Crippen MR) is 39.5 cm³/mol. The summed E-state index contributed by atoms with van der Waals surface area (Å²) in [7, 11) is 1.03. The van der Waals surface area contributed by atoms with Gasteiger partial charge in [0.1, 0.15) is 0 Å². The summed E-state index contributed by atoms with van der Waals surface area (Å²) >= 11 is 0. The van der Waals surface area contributed by atoms with Crippen LogP contribution in [0.3, 0.4) is 0 Å². The van der Waals surface area contributed by atoms with E-state index in [0.717, 1.165) is 15.7 Å². The second-order valence-corrected chi connectivity index (χ2v) is 2.12. The first kappa shape index (κ1) is 6.64. The molecule has 40 valence electrons. The molecule has 0 aliphatic heterocycles. The lowest BCUT2D eigenvalue weighted by molar-refractivity contribution is 1.41. The average molecular weight is 130 g/mol. The van der Waals surface area contributed by atoms with Crippen molar-refractivity contribution in [2.24, 2.45) is 0 Å². The summed E-state index contributed by atoms with van der Waals surface area (Å²) in [6.07, 6.45) is 3.60. The van der Waals surface area contributed by atoms with Crippen LogP contribution >= 0.6 is 0 Å². The van der Waals surface area contributed by atoms with Gasteiger partial charge in [-0.15, -0.1) is 0 Å². The van der Waals surface area contributed by atoms with E-state index in [9.17, 15) is 0 Å². The van der Waals surface area contributed by atoms with Crippen LogP contribution in [0.25, 0.3) is 0 Å². The van der Waals surface area contributed by atoms with Gasteiger partial charge in [-0.1, -0.05) is 0 Å². The van der Waals surface area contributed by atoms with Crippen LogP contribution < -0.4 is 5.45 Å². The fourth-order valence-electron chi connectivity index (χ4n) is 0.344. The van der Waals surface area contributed by atoms with Crippen LogP contribution in [0, 0.1) is 0 Å². The minimum Gasteiger partial charge on any atom is -0.354 e. The van der Waals surface area contributed by atoms with E-state index in [4.69, 9.17) is 0 Å². The number of nitrogens with zero attached hydrogens (tertiary/aromatic N) is 1. The standard InChI is InChI=1S/C3H6N2Si.H4Si/c6-3-4-1-2-5-3;/h1-2H,6H3,(H,4,5);1H4. The molecule has 7 heavy (non-hydrogen) atoms. The van der Waals surface area contributed by atoms with Crippen LogP contribution in [0.15, 0.2) is 12.4 Å². The Bertz CT molecular complexity index is 114. The Morgan fingerprint density at radius 3 is 2.57 bits per heavy atom. The lowest BCUT2D eigenvalue weighted by Gasteiger charge is -1.69. The number of aromatic nitrogens is 2. The molecule has 4 heteroatoms. The summed E-state index contributed by atoms with van der Waals surface area (Å²) in [6.45, 7) is 0.